The fraction of sp³-hybridized carbons (Fsp3) is 0. The van der Waals surface area contributed by atoms with E-state index in [0.29, 0.717) is 0 Å². The molecule has 0 radical (unpaired) electrons. The molecule has 0 bridgehead atoms. The van der Waals surface area contributed by atoms with Crippen molar-refractivity contribution in [3.63, 3.8) is 0 Å². The fourth-order valence-electron chi connectivity index (χ4n) is 10.9. The second-order valence-electron chi connectivity index (χ2n) is 18.0. The number of hydrogen-bond donors (Lipinski definition) is 0. The summed E-state index contributed by atoms with van der Waals surface area (Å²) in [5.41, 5.74) is 12.9. The van der Waals surface area contributed by atoms with Gasteiger partial charge in [-0.3, -0.25) is 0 Å². The van der Waals surface area contributed by atoms with E-state index in [-0.39, 0.29) is 0 Å². The Morgan fingerprint density at radius 1 is 0.300 bits per heavy atom. The SMILES string of the molecule is c1ccc(-c2ccc(N(c3ccc(-c4cccc([Si](c5ccccc5)(c5ccccc5)c5ccccc5)c4)cc3)c3ccc4c(c3)oc3c(-n5c6ccccc6c6ccccc65)cccc34)cc2)cc1. The minimum atomic E-state index is -2.71. The second kappa shape index (κ2) is 17.3. The van der Waals surface area contributed by atoms with E-state index in [2.05, 4.69) is 289 Å². The lowest BCUT2D eigenvalue weighted by atomic mass is 10.0. The molecule has 0 N–H and O–H groups in total. The summed E-state index contributed by atoms with van der Waals surface area (Å²) in [6, 6.07) is 102. The Kier molecular flexibility index (Phi) is 10.2. The third-order valence-electron chi connectivity index (χ3n) is 14.1. The van der Waals surface area contributed by atoms with Gasteiger partial charge < -0.3 is 13.9 Å². The number of rotatable bonds is 10. The average Bonchev–Trinajstić information content (AvgIpc) is 3.99. The van der Waals surface area contributed by atoms with Gasteiger partial charge in [-0.25, -0.2) is 0 Å². The Balaban J connectivity index is 0.933. The van der Waals surface area contributed by atoms with E-state index in [4.69, 9.17) is 4.42 Å². The molecule has 13 aromatic rings. The van der Waals surface area contributed by atoms with Gasteiger partial charge in [-0.2, -0.15) is 0 Å². The van der Waals surface area contributed by atoms with Crippen molar-refractivity contribution >= 4 is 89.6 Å². The predicted molar refractivity (Wildman–Crippen MR) is 297 cm³/mol. The van der Waals surface area contributed by atoms with Crippen LogP contribution in [0.2, 0.25) is 0 Å². The van der Waals surface area contributed by atoms with Crippen LogP contribution in [0.5, 0.6) is 0 Å². The molecule has 0 fully saturated rings. The maximum Gasteiger partial charge on any atom is 0.179 e. The molecule has 4 heteroatoms. The third kappa shape index (κ3) is 6.88. The van der Waals surface area contributed by atoms with Gasteiger partial charge in [0.15, 0.2) is 13.7 Å². The summed E-state index contributed by atoms with van der Waals surface area (Å²) in [5, 5.41) is 10.0. The van der Waals surface area contributed by atoms with Gasteiger partial charge >= 0.3 is 0 Å². The number of hydrogen-bond acceptors (Lipinski definition) is 2. The molecule has 11 aromatic carbocycles. The van der Waals surface area contributed by atoms with Crippen molar-refractivity contribution in [3.8, 4) is 27.9 Å². The summed E-state index contributed by atoms with van der Waals surface area (Å²) in [4.78, 5) is 2.34. The minimum Gasteiger partial charge on any atom is -0.454 e. The van der Waals surface area contributed by atoms with E-state index in [1.165, 1.54) is 48.2 Å². The van der Waals surface area contributed by atoms with Crippen LogP contribution in [0.15, 0.2) is 283 Å². The number of benzene rings is 11. The van der Waals surface area contributed by atoms with Crippen molar-refractivity contribution in [2.75, 3.05) is 4.90 Å². The van der Waals surface area contributed by atoms with Crippen LogP contribution in [0.3, 0.4) is 0 Å². The smallest absolute Gasteiger partial charge is 0.179 e. The number of furan rings is 1. The van der Waals surface area contributed by atoms with Crippen molar-refractivity contribution in [3.05, 3.63) is 279 Å². The van der Waals surface area contributed by atoms with E-state index in [1.807, 2.05) is 0 Å². The quantitative estimate of drug-likeness (QED) is 0.101. The summed E-state index contributed by atoms with van der Waals surface area (Å²) in [6.07, 6.45) is 0. The van der Waals surface area contributed by atoms with Gasteiger partial charge in [0.2, 0.25) is 0 Å². The number of nitrogens with zero attached hydrogens (tertiary/aromatic N) is 2. The first-order valence-corrected chi connectivity index (χ1v) is 26.0. The predicted octanol–water partition coefficient (Wildman–Crippen LogP) is 14.9. The number of anilines is 3. The van der Waals surface area contributed by atoms with Crippen LogP contribution < -0.4 is 25.6 Å². The topological polar surface area (TPSA) is 21.3 Å². The molecule has 0 amide bonds. The standard InChI is InChI=1S/C66H46N2OSi/c1-5-19-47(20-6-1)48-35-39-51(40-36-48)67(53-43-44-60-61-31-18-34-64(66(61)69-65(60)46-53)68-62-32-15-13-29-58(62)59-30-14-16-33-63(59)68)52-41-37-49(38-42-52)50-21-17-28-57(45-50)70(54-22-7-2-8-23-54,55-24-9-3-10-25-55)56-26-11-4-12-27-56/h1-46H. The van der Waals surface area contributed by atoms with Crippen molar-refractivity contribution in [2.45, 2.75) is 0 Å². The monoisotopic (exact) mass is 910 g/mol. The van der Waals surface area contributed by atoms with Gasteiger partial charge in [-0.15, -0.1) is 0 Å². The summed E-state index contributed by atoms with van der Waals surface area (Å²) < 4.78 is 9.36. The lowest BCUT2D eigenvalue weighted by Crippen LogP contribution is -2.74. The molecule has 0 aliphatic heterocycles. The highest BCUT2D eigenvalue weighted by Crippen LogP contribution is 2.42. The fourth-order valence-corrected chi connectivity index (χ4v) is 15.7. The number of fused-ring (bicyclic) bond motifs is 6. The largest absolute Gasteiger partial charge is 0.454 e. The molecule has 0 aliphatic rings. The Labute approximate surface area is 408 Å². The molecular formula is C66H46N2OSi. The normalized spacial score (nSPS) is 11.7. The van der Waals surface area contributed by atoms with Gasteiger partial charge in [0, 0.05) is 44.7 Å². The number of para-hydroxylation sites is 3. The van der Waals surface area contributed by atoms with E-state index >= 15 is 0 Å². The van der Waals surface area contributed by atoms with Crippen molar-refractivity contribution in [1.29, 1.82) is 0 Å². The Morgan fingerprint density at radius 3 is 1.30 bits per heavy atom. The molecule has 330 valence electrons. The van der Waals surface area contributed by atoms with Crippen LogP contribution in [0.4, 0.5) is 17.1 Å². The molecule has 0 saturated carbocycles. The summed E-state index contributed by atoms with van der Waals surface area (Å²) >= 11 is 0. The molecule has 0 aliphatic carbocycles. The molecule has 0 saturated heterocycles. The van der Waals surface area contributed by atoms with Crippen LogP contribution in [0, 0.1) is 0 Å². The molecule has 0 atom stereocenters. The minimum absolute atomic E-state index is 0.836. The lowest BCUT2D eigenvalue weighted by molar-refractivity contribution is 0.666. The second-order valence-corrected chi connectivity index (χ2v) is 21.8. The van der Waals surface area contributed by atoms with Gasteiger partial charge in [-0.1, -0.05) is 218 Å². The summed E-state index contributed by atoms with van der Waals surface area (Å²) in [7, 11) is -2.71. The van der Waals surface area contributed by atoms with Crippen LogP contribution in [0.25, 0.3) is 71.7 Å². The molecule has 0 spiro atoms. The van der Waals surface area contributed by atoms with Crippen molar-refractivity contribution < 1.29 is 4.42 Å². The number of aromatic nitrogens is 1. The highest BCUT2D eigenvalue weighted by molar-refractivity contribution is 7.19. The Bertz CT molecular complexity index is 3830. The maximum atomic E-state index is 7.01. The van der Waals surface area contributed by atoms with E-state index < -0.39 is 8.07 Å². The highest BCUT2D eigenvalue weighted by Gasteiger charge is 2.41. The van der Waals surface area contributed by atoms with Gasteiger partial charge in [0.05, 0.1) is 16.7 Å². The maximum absolute atomic E-state index is 7.01. The molecule has 2 heterocycles. The summed E-state index contributed by atoms with van der Waals surface area (Å²) in [6.45, 7) is 0. The highest BCUT2D eigenvalue weighted by atomic mass is 28.3. The lowest BCUT2D eigenvalue weighted by Gasteiger charge is -2.34. The average molecular weight is 911 g/mol. The summed E-state index contributed by atoms with van der Waals surface area (Å²) in [5.74, 6) is 0. The van der Waals surface area contributed by atoms with Crippen LogP contribution >= 0.6 is 0 Å². The zero-order valence-electron chi connectivity index (χ0n) is 38.4. The van der Waals surface area contributed by atoms with E-state index in [1.54, 1.807) is 0 Å². The molecular weight excluding hydrogens is 865 g/mol. The first-order chi connectivity index (χ1) is 34.7. The zero-order valence-corrected chi connectivity index (χ0v) is 39.4. The zero-order chi connectivity index (χ0) is 46.4. The Morgan fingerprint density at radius 2 is 0.729 bits per heavy atom. The van der Waals surface area contributed by atoms with Gasteiger partial charge in [0.25, 0.3) is 0 Å². The van der Waals surface area contributed by atoms with Crippen molar-refractivity contribution in [2.24, 2.45) is 0 Å². The van der Waals surface area contributed by atoms with Crippen LogP contribution in [-0.2, 0) is 0 Å². The Hall–Kier alpha value is -8.96. The van der Waals surface area contributed by atoms with Crippen LogP contribution in [0.1, 0.15) is 0 Å². The first kappa shape index (κ1) is 41.2. The van der Waals surface area contributed by atoms with E-state index in [9.17, 15) is 0 Å². The third-order valence-corrected chi connectivity index (χ3v) is 18.9. The molecule has 2 aromatic heterocycles. The molecule has 70 heavy (non-hydrogen) atoms. The first-order valence-electron chi connectivity index (χ1n) is 24.0. The van der Waals surface area contributed by atoms with Crippen molar-refractivity contribution in [1.82, 2.24) is 4.57 Å². The van der Waals surface area contributed by atoms with E-state index in [0.717, 1.165) is 61.3 Å². The molecule has 3 nitrogen and oxygen atoms in total. The van der Waals surface area contributed by atoms with Gasteiger partial charge in [0.1, 0.15) is 5.58 Å². The molecule has 0 unspecified atom stereocenters. The van der Waals surface area contributed by atoms with Crippen LogP contribution in [-0.4, -0.2) is 12.6 Å². The van der Waals surface area contributed by atoms with Gasteiger partial charge in [-0.05, 0) is 97.6 Å². The molecule has 13 rings (SSSR count).